The van der Waals surface area contributed by atoms with Crippen LogP contribution in [0.4, 0.5) is 5.82 Å². The van der Waals surface area contributed by atoms with Gasteiger partial charge in [0.1, 0.15) is 18.2 Å². The number of hydrogen-bond acceptors (Lipinski definition) is 4. The average molecular weight is 245 g/mol. The van der Waals surface area contributed by atoms with Gasteiger partial charge in [-0.3, -0.25) is 0 Å². The number of anilines is 1. The highest BCUT2D eigenvalue weighted by Gasteiger charge is 2.21. The van der Waals surface area contributed by atoms with Crippen LogP contribution in [0.5, 0.6) is 0 Å². The van der Waals surface area contributed by atoms with Crippen LogP contribution in [0.1, 0.15) is 30.5 Å². The molecule has 94 valence electrons. The lowest BCUT2D eigenvalue weighted by Gasteiger charge is -2.20. The fourth-order valence-electron chi connectivity index (χ4n) is 2.13. The van der Waals surface area contributed by atoms with E-state index in [1.165, 1.54) is 6.33 Å². The molecular formula is C13H15N3O2. The predicted octanol–water partition coefficient (Wildman–Crippen LogP) is 1.24. The number of terminal acetylenes is 1. The van der Waals surface area contributed by atoms with Gasteiger partial charge in [0.05, 0.1) is 0 Å². The lowest BCUT2D eigenvalue weighted by Crippen LogP contribution is -2.30. The van der Waals surface area contributed by atoms with Crippen molar-refractivity contribution in [2.45, 2.75) is 38.1 Å². The third-order valence-corrected chi connectivity index (χ3v) is 3.06. The summed E-state index contributed by atoms with van der Waals surface area (Å²) in [6, 6.07) is -0.795. The van der Waals surface area contributed by atoms with Gasteiger partial charge in [-0.25, -0.2) is 14.8 Å². The number of fused-ring (bicyclic) bond motifs is 1. The maximum atomic E-state index is 11.1. The summed E-state index contributed by atoms with van der Waals surface area (Å²) in [6.45, 7) is 0. The van der Waals surface area contributed by atoms with Gasteiger partial charge >= 0.3 is 5.97 Å². The lowest BCUT2D eigenvalue weighted by molar-refractivity contribution is -0.137. The van der Waals surface area contributed by atoms with Crippen molar-refractivity contribution in [1.29, 1.82) is 0 Å². The van der Waals surface area contributed by atoms with E-state index in [0.717, 1.165) is 36.9 Å². The first-order valence-corrected chi connectivity index (χ1v) is 5.98. The van der Waals surface area contributed by atoms with Crippen molar-refractivity contribution in [3.8, 4) is 12.3 Å². The van der Waals surface area contributed by atoms with E-state index in [0.29, 0.717) is 5.82 Å². The van der Waals surface area contributed by atoms with E-state index in [1.54, 1.807) is 0 Å². The highest BCUT2D eigenvalue weighted by Crippen LogP contribution is 2.24. The zero-order chi connectivity index (χ0) is 13.0. The second kappa shape index (κ2) is 5.50. The van der Waals surface area contributed by atoms with Crippen molar-refractivity contribution in [3.63, 3.8) is 0 Å². The van der Waals surface area contributed by atoms with Gasteiger partial charge in [-0.2, -0.15) is 0 Å². The Morgan fingerprint density at radius 1 is 1.50 bits per heavy atom. The number of aryl methyl sites for hydroxylation is 1. The molecule has 18 heavy (non-hydrogen) atoms. The summed E-state index contributed by atoms with van der Waals surface area (Å²) in [5, 5.41) is 12.0. The van der Waals surface area contributed by atoms with Crippen molar-refractivity contribution in [2.24, 2.45) is 0 Å². The zero-order valence-electron chi connectivity index (χ0n) is 10.0. The van der Waals surface area contributed by atoms with Gasteiger partial charge in [-0.15, -0.1) is 12.3 Å². The van der Waals surface area contributed by atoms with E-state index in [1.807, 2.05) is 0 Å². The molecule has 1 aliphatic carbocycles. The van der Waals surface area contributed by atoms with Gasteiger partial charge in [-0.1, -0.05) is 0 Å². The van der Waals surface area contributed by atoms with Gasteiger partial charge in [0.15, 0.2) is 0 Å². The van der Waals surface area contributed by atoms with Crippen molar-refractivity contribution in [2.75, 3.05) is 5.32 Å². The highest BCUT2D eigenvalue weighted by molar-refractivity contribution is 5.77. The Morgan fingerprint density at radius 3 is 3.00 bits per heavy atom. The molecule has 0 aromatic carbocycles. The molecule has 0 saturated carbocycles. The summed E-state index contributed by atoms with van der Waals surface area (Å²) in [5.41, 5.74) is 2.05. The number of aromatic nitrogens is 2. The minimum absolute atomic E-state index is 0.133. The second-order valence-corrected chi connectivity index (χ2v) is 4.30. The number of hydrogen-bond donors (Lipinski definition) is 2. The van der Waals surface area contributed by atoms with E-state index in [4.69, 9.17) is 11.5 Å². The largest absolute Gasteiger partial charge is 0.480 e. The molecule has 1 heterocycles. The molecule has 0 amide bonds. The maximum Gasteiger partial charge on any atom is 0.327 e. The van der Waals surface area contributed by atoms with E-state index in [-0.39, 0.29) is 6.42 Å². The maximum absolute atomic E-state index is 11.1. The number of aliphatic carboxylic acids is 1. The lowest BCUT2D eigenvalue weighted by atomic mass is 9.96. The van der Waals surface area contributed by atoms with Crippen LogP contribution < -0.4 is 5.32 Å². The topological polar surface area (TPSA) is 75.1 Å². The van der Waals surface area contributed by atoms with Crippen LogP contribution in [0.2, 0.25) is 0 Å². The Morgan fingerprint density at radius 2 is 2.28 bits per heavy atom. The number of rotatable bonds is 4. The smallest absolute Gasteiger partial charge is 0.327 e. The quantitative estimate of drug-likeness (QED) is 0.781. The fraction of sp³-hybridized carbons (Fsp3) is 0.462. The summed E-state index contributed by atoms with van der Waals surface area (Å²) in [6.07, 6.45) is 10.8. The van der Waals surface area contributed by atoms with Crippen LogP contribution in [0.15, 0.2) is 6.33 Å². The van der Waals surface area contributed by atoms with Crippen LogP contribution in [0.3, 0.4) is 0 Å². The zero-order valence-corrected chi connectivity index (χ0v) is 10.0. The van der Waals surface area contributed by atoms with Crippen LogP contribution in [-0.4, -0.2) is 27.1 Å². The molecule has 5 nitrogen and oxygen atoms in total. The summed E-state index contributed by atoms with van der Waals surface area (Å²) in [5.74, 6) is 2.01. The summed E-state index contributed by atoms with van der Waals surface area (Å²) >= 11 is 0. The van der Waals surface area contributed by atoms with Crippen LogP contribution in [-0.2, 0) is 17.6 Å². The van der Waals surface area contributed by atoms with Crippen LogP contribution >= 0.6 is 0 Å². The molecule has 2 N–H and O–H groups in total. The van der Waals surface area contributed by atoms with Crippen molar-refractivity contribution >= 4 is 11.8 Å². The van der Waals surface area contributed by atoms with Gasteiger partial charge in [0.25, 0.3) is 0 Å². The van der Waals surface area contributed by atoms with Crippen molar-refractivity contribution in [3.05, 3.63) is 17.6 Å². The molecule has 1 aromatic rings. The van der Waals surface area contributed by atoms with Gasteiger partial charge in [0.2, 0.25) is 0 Å². The van der Waals surface area contributed by atoms with Crippen LogP contribution in [0, 0.1) is 12.3 Å². The van der Waals surface area contributed by atoms with E-state index < -0.39 is 12.0 Å². The summed E-state index contributed by atoms with van der Waals surface area (Å²) < 4.78 is 0. The first kappa shape index (κ1) is 12.4. The Hall–Kier alpha value is -2.09. The molecule has 0 radical (unpaired) electrons. The Labute approximate surface area is 106 Å². The molecule has 1 atom stereocenters. The molecule has 0 fully saturated rings. The number of carboxylic acid groups (broad SMARTS) is 1. The minimum atomic E-state index is -0.962. The third-order valence-electron chi connectivity index (χ3n) is 3.06. The first-order valence-electron chi connectivity index (χ1n) is 5.98. The summed E-state index contributed by atoms with van der Waals surface area (Å²) in [7, 11) is 0. The molecule has 1 aliphatic rings. The molecule has 0 bridgehead atoms. The number of nitrogens with one attached hydrogen (secondary N) is 1. The minimum Gasteiger partial charge on any atom is -0.480 e. The normalized spacial score (nSPS) is 15.3. The second-order valence-electron chi connectivity index (χ2n) is 4.30. The molecule has 0 spiro atoms. The first-order chi connectivity index (χ1) is 8.72. The summed E-state index contributed by atoms with van der Waals surface area (Å²) in [4.78, 5) is 19.4. The average Bonchev–Trinajstić information content (AvgIpc) is 2.38. The fourth-order valence-corrected chi connectivity index (χ4v) is 2.13. The van der Waals surface area contributed by atoms with Crippen LogP contribution in [0.25, 0.3) is 0 Å². The highest BCUT2D eigenvalue weighted by atomic mass is 16.4. The van der Waals surface area contributed by atoms with E-state index in [9.17, 15) is 4.79 Å². The molecule has 1 aromatic heterocycles. The Kier molecular flexibility index (Phi) is 3.78. The van der Waals surface area contributed by atoms with Crippen molar-refractivity contribution < 1.29 is 9.90 Å². The monoisotopic (exact) mass is 245 g/mol. The van der Waals surface area contributed by atoms with E-state index in [2.05, 4.69) is 21.2 Å². The number of carboxylic acids is 1. The third kappa shape index (κ3) is 2.59. The molecule has 2 rings (SSSR count). The van der Waals surface area contributed by atoms with E-state index >= 15 is 0 Å². The van der Waals surface area contributed by atoms with Crippen molar-refractivity contribution in [1.82, 2.24) is 9.97 Å². The Bertz CT molecular complexity index is 493. The van der Waals surface area contributed by atoms with Gasteiger partial charge in [0, 0.05) is 17.7 Å². The molecule has 5 heteroatoms. The molecule has 0 saturated heterocycles. The standard InChI is InChI=1S/C13H15N3O2/c1-2-5-11(13(17)18)16-12-9-6-3-4-7-10(9)14-8-15-12/h1,8,11H,3-7H2,(H,17,18)(H,14,15,16). The van der Waals surface area contributed by atoms with Gasteiger partial charge in [-0.05, 0) is 25.7 Å². The molecule has 1 unspecified atom stereocenters. The number of carbonyl (C=O) groups is 1. The number of nitrogens with zero attached hydrogens (tertiary/aromatic N) is 2. The Balaban J connectivity index is 2.23. The molecular weight excluding hydrogens is 230 g/mol. The predicted molar refractivity (Wildman–Crippen MR) is 67.2 cm³/mol. The molecule has 0 aliphatic heterocycles. The SMILES string of the molecule is C#CCC(Nc1ncnc2c1CCCC2)C(=O)O. The van der Waals surface area contributed by atoms with Gasteiger partial charge < -0.3 is 10.4 Å².